The number of hydrogen-bond donors (Lipinski definition) is 2. The predicted molar refractivity (Wildman–Crippen MR) is 115 cm³/mol. The number of ether oxygens (including phenoxy) is 2. The summed E-state index contributed by atoms with van der Waals surface area (Å²) in [7, 11) is 1.69. The van der Waals surface area contributed by atoms with Gasteiger partial charge in [0.2, 0.25) is 0 Å². The molecule has 0 unspecified atom stereocenters. The van der Waals surface area contributed by atoms with Crippen LogP contribution in [0.3, 0.4) is 0 Å². The molecule has 0 radical (unpaired) electrons. The summed E-state index contributed by atoms with van der Waals surface area (Å²) in [6.07, 6.45) is 4.92. The van der Waals surface area contributed by atoms with E-state index in [0.29, 0.717) is 17.9 Å². The molecule has 2 N–H and O–H groups in total. The van der Waals surface area contributed by atoms with Crippen molar-refractivity contribution in [1.29, 1.82) is 5.26 Å². The molecule has 152 valence electrons. The van der Waals surface area contributed by atoms with Crippen molar-refractivity contribution in [2.75, 3.05) is 20.2 Å². The lowest BCUT2D eigenvalue weighted by atomic mass is 10.0. The van der Waals surface area contributed by atoms with Gasteiger partial charge in [0.05, 0.1) is 19.2 Å². The molecular weight excluding hydrogens is 378 g/mol. The molecule has 7 nitrogen and oxygen atoms in total. The molecule has 0 spiro atoms. The molecule has 7 heteroatoms. The van der Waals surface area contributed by atoms with E-state index in [1.165, 1.54) is 0 Å². The van der Waals surface area contributed by atoms with Crippen molar-refractivity contribution in [3.63, 3.8) is 0 Å². The number of rotatable bonds is 5. The number of fused-ring (bicyclic) bond motifs is 2. The van der Waals surface area contributed by atoms with Crippen molar-refractivity contribution in [2.24, 2.45) is 0 Å². The Bertz CT molecular complexity index is 1270. The van der Waals surface area contributed by atoms with Gasteiger partial charge in [-0.2, -0.15) is 10.4 Å². The number of aromatic amines is 1. The highest BCUT2D eigenvalue weighted by molar-refractivity contribution is 5.89. The van der Waals surface area contributed by atoms with Gasteiger partial charge in [0.1, 0.15) is 23.4 Å². The molecule has 3 heterocycles. The molecule has 2 aromatic carbocycles. The van der Waals surface area contributed by atoms with Crippen LogP contribution in [0, 0.1) is 18.3 Å². The fraction of sp³-hybridized carbons (Fsp3) is 0.304. The zero-order valence-corrected chi connectivity index (χ0v) is 17.0. The first-order valence-corrected chi connectivity index (χ1v) is 10.1. The van der Waals surface area contributed by atoms with Gasteiger partial charge in [-0.05, 0) is 49.7 Å². The van der Waals surface area contributed by atoms with Crippen LogP contribution in [0.25, 0.3) is 21.8 Å². The van der Waals surface area contributed by atoms with Crippen LogP contribution in [0.4, 0.5) is 0 Å². The number of methoxy groups -OCH3 is 1. The monoisotopic (exact) mass is 401 g/mol. The molecule has 1 aliphatic heterocycles. The van der Waals surface area contributed by atoms with E-state index < -0.39 is 0 Å². The fourth-order valence-electron chi connectivity index (χ4n) is 4.24. The van der Waals surface area contributed by atoms with Gasteiger partial charge in [-0.1, -0.05) is 0 Å². The van der Waals surface area contributed by atoms with Gasteiger partial charge in [0.25, 0.3) is 0 Å². The highest BCUT2D eigenvalue weighted by atomic mass is 16.5. The topological polar surface area (TPSA) is 87.9 Å². The normalized spacial score (nSPS) is 16.2. The van der Waals surface area contributed by atoms with E-state index in [2.05, 4.69) is 29.4 Å². The van der Waals surface area contributed by atoms with Gasteiger partial charge in [-0.25, -0.2) is 0 Å². The van der Waals surface area contributed by atoms with Gasteiger partial charge < -0.3 is 19.8 Å². The standard InChI is InChI=1S/C23H23N5O2/c1-14-9-20(29-2)19(18-6-8-26-21(14)18)13-28-12-16-4-3-15(10-24)23(22(16)27-28)30-17-5-7-25-11-17/h3-4,6,8-9,12,17,25-26H,5,7,11,13H2,1-2H3/t17-/m0/s1. The summed E-state index contributed by atoms with van der Waals surface area (Å²) in [4.78, 5) is 3.31. The van der Waals surface area contributed by atoms with E-state index in [4.69, 9.17) is 14.6 Å². The minimum Gasteiger partial charge on any atom is -0.496 e. The second-order valence-electron chi connectivity index (χ2n) is 7.69. The molecule has 1 saturated heterocycles. The summed E-state index contributed by atoms with van der Waals surface area (Å²) in [6.45, 7) is 4.34. The lowest BCUT2D eigenvalue weighted by Crippen LogP contribution is -2.20. The first-order valence-electron chi connectivity index (χ1n) is 10.1. The molecule has 1 aliphatic rings. The molecule has 0 amide bonds. The van der Waals surface area contributed by atoms with Crippen molar-refractivity contribution >= 4 is 21.8 Å². The molecule has 0 bridgehead atoms. The lowest BCUT2D eigenvalue weighted by Gasteiger charge is -2.14. The fourth-order valence-corrected chi connectivity index (χ4v) is 4.24. The zero-order chi connectivity index (χ0) is 20.7. The van der Waals surface area contributed by atoms with Gasteiger partial charge in [-0.15, -0.1) is 0 Å². The van der Waals surface area contributed by atoms with Crippen molar-refractivity contribution in [3.8, 4) is 17.6 Å². The lowest BCUT2D eigenvalue weighted by molar-refractivity contribution is 0.225. The second kappa shape index (κ2) is 7.39. The molecular formula is C23H23N5O2. The maximum atomic E-state index is 9.58. The maximum Gasteiger partial charge on any atom is 0.165 e. The van der Waals surface area contributed by atoms with Crippen LogP contribution in [-0.2, 0) is 6.54 Å². The molecule has 2 aromatic heterocycles. The smallest absolute Gasteiger partial charge is 0.165 e. The van der Waals surface area contributed by atoms with E-state index in [0.717, 1.165) is 58.2 Å². The van der Waals surface area contributed by atoms with Crippen LogP contribution >= 0.6 is 0 Å². The van der Waals surface area contributed by atoms with Gasteiger partial charge in [-0.3, -0.25) is 4.68 Å². The van der Waals surface area contributed by atoms with Crippen LogP contribution < -0.4 is 14.8 Å². The third-order valence-corrected chi connectivity index (χ3v) is 5.75. The Hall–Kier alpha value is -3.50. The maximum absolute atomic E-state index is 9.58. The number of nitrogens with one attached hydrogen (secondary N) is 2. The molecule has 30 heavy (non-hydrogen) atoms. The van der Waals surface area contributed by atoms with Gasteiger partial charge in [0.15, 0.2) is 5.75 Å². The van der Waals surface area contributed by atoms with E-state index in [9.17, 15) is 5.26 Å². The summed E-state index contributed by atoms with van der Waals surface area (Å²) in [5.41, 5.74) is 4.54. The minimum atomic E-state index is 0.0597. The predicted octanol–water partition coefficient (Wildman–Crippen LogP) is 3.50. The van der Waals surface area contributed by atoms with Crippen molar-refractivity contribution in [3.05, 3.63) is 53.3 Å². The van der Waals surface area contributed by atoms with Crippen LogP contribution in [0.15, 0.2) is 36.7 Å². The van der Waals surface area contributed by atoms with Gasteiger partial charge >= 0.3 is 0 Å². The first-order chi connectivity index (χ1) is 14.7. The molecule has 1 fully saturated rings. The number of benzene rings is 2. The highest BCUT2D eigenvalue weighted by Crippen LogP contribution is 2.33. The van der Waals surface area contributed by atoms with Gasteiger partial charge in [0, 0.05) is 40.8 Å². The Morgan fingerprint density at radius 2 is 2.23 bits per heavy atom. The van der Waals surface area contributed by atoms with Crippen LogP contribution in [-0.4, -0.2) is 41.1 Å². The number of aromatic nitrogens is 3. The molecule has 1 atom stereocenters. The summed E-state index contributed by atoms with van der Waals surface area (Å²) in [5, 5.41) is 19.8. The van der Waals surface area contributed by atoms with Crippen LogP contribution in [0.5, 0.6) is 11.5 Å². The van der Waals surface area contributed by atoms with Crippen molar-refractivity contribution < 1.29 is 9.47 Å². The minimum absolute atomic E-state index is 0.0597. The van der Waals surface area contributed by atoms with E-state index in [1.54, 1.807) is 7.11 Å². The highest BCUT2D eigenvalue weighted by Gasteiger charge is 2.21. The molecule has 0 saturated carbocycles. The molecule has 4 aromatic rings. The summed E-state index contributed by atoms with van der Waals surface area (Å²) in [6, 6.07) is 10.1. The number of nitriles is 1. The van der Waals surface area contributed by atoms with Crippen LogP contribution in [0.1, 0.15) is 23.1 Å². The third-order valence-electron chi connectivity index (χ3n) is 5.75. The zero-order valence-electron chi connectivity index (χ0n) is 17.0. The van der Waals surface area contributed by atoms with Crippen molar-refractivity contribution in [1.82, 2.24) is 20.1 Å². The van der Waals surface area contributed by atoms with Crippen LogP contribution in [0.2, 0.25) is 0 Å². The number of aryl methyl sites for hydroxylation is 1. The first kappa shape index (κ1) is 18.5. The number of nitrogens with zero attached hydrogens (tertiary/aromatic N) is 3. The SMILES string of the molecule is COc1cc(C)c2[nH]ccc2c1Cn1cc2ccc(C#N)c(O[C@H]3CCNC3)c2n1. The third kappa shape index (κ3) is 3.06. The Balaban J connectivity index is 1.58. The molecule has 0 aliphatic carbocycles. The average Bonchev–Trinajstić information content (AvgIpc) is 3.50. The van der Waals surface area contributed by atoms with E-state index in [1.807, 2.05) is 35.3 Å². The second-order valence-corrected chi connectivity index (χ2v) is 7.69. The van der Waals surface area contributed by atoms with Crippen molar-refractivity contribution in [2.45, 2.75) is 26.0 Å². The van der Waals surface area contributed by atoms with E-state index >= 15 is 0 Å². The number of H-pyrrole nitrogens is 1. The largest absolute Gasteiger partial charge is 0.496 e. The molecule has 5 rings (SSSR count). The summed E-state index contributed by atoms with van der Waals surface area (Å²) < 4.78 is 13.8. The summed E-state index contributed by atoms with van der Waals surface area (Å²) >= 11 is 0. The summed E-state index contributed by atoms with van der Waals surface area (Å²) in [5.74, 6) is 1.41. The quantitative estimate of drug-likeness (QED) is 0.534. The Labute approximate surface area is 174 Å². The van der Waals surface area contributed by atoms with E-state index in [-0.39, 0.29) is 6.10 Å². The Kier molecular flexibility index (Phi) is 4.57. The average molecular weight is 401 g/mol. The Morgan fingerprint density at radius 1 is 1.33 bits per heavy atom. The number of hydrogen-bond acceptors (Lipinski definition) is 5. The Morgan fingerprint density at radius 3 is 3.00 bits per heavy atom.